The fourth-order valence-electron chi connectivity index (χ4n) is 4.62. The minimum atomic E-state index is 0.433. The molecule has 0 aliphatic heterocycles. The molecule has 7 nitrogen and oxygen atoms in total. The van der Waals surface area contributed by atoms with Gasteiger partial charge in [0.05, 0.1) is 17.1 Å². The molecule has 0 aromatic carbocycles. The van der Waals surface area contributed by atoms with Gasteiger partial charge < -0.3 is 11.1 Å². The fourth-order valence-corrected chi connectivity index (χ4v) is 4.62. The number of nitrogens with zero attached hydrogens (tertiary/aromatic N) is 5. The number of aliphatic imine (C=N–C) groups is 1. The van der Waals surface area contributed by atoms with Gasteiger partial charge in [-0.05, 0) is 88.8 Å². The van der Waals surface area contributed by atoms with Crippen molar-refractivity contribution in [2.24, 2.45) is 16.3 Å². The quantitative estimate of drug-likeness (QED) is 0.427. The predicted molar refractivity (Wildman–Crippen MR) is 142 cm³/mol. The molecule has 2 aliphatic rings. The van der Waals surface area contributed by atoms with Gasteiger partial charge in [-0.15, -0.1) is 5.10 Å². The second kappa shape index (κ2) is 9.72. The topological polar surface area (TPSA) is 93.5 Å². The maximum atomic E-state index is 6.37. The van der Waals surface area contributed by atoms with E-state index >= 15 is 0 Å². The van der Waals surface area contributed by atoms with E-state index < -0.39 is 0 Å². The number of rotatable bonds is 4. The molecule has 3 heterocycles. The van der Waals surface area contributed by atoms with Crippen molar-refractivity contribution in [3.05, 3.63) is 30.1 Å². The number of nitrogen functional groups attached to an aromatic ring is 1. The van der Waals surface area contributed by atoms with Crippen LogP contribution in [0.15, 0.2) is 29.4 Å². The third-order valence-electron chi connectivity index (χ3n) is 6.55. The minimum Gasteiger partial charge on any atom is -0.382 e. The molecule has 3 aromatic heterocycles. The largest absolute Gasteiger partial charge is 0.382 e. The van der Waals surface area contributed by atoms with Crippen molar-refractivity contribution >= 4 is 28.7 Å². The first-order chi connectivity index (χ1) is 16.2. The van der Waals surface area contributed by atoms with Crippen molar-refractivity contribution in [3.63, 3.8) is 0 Å². The summed E-state index contributed by atoms with van der Waals surface area (Å²) < 4.78 is 1.81. The van der Waals surface area contributed by atoms with E-state index in [2.05, 4.69) is 41.2 Å². The molecular weight excluding hydrogens is 422 g/mol. The molecule has 3 aromatic rings. The molecular formula is C27H39N7. The SMILES string of the molecule is CC(C)=Nc1ccc(-c2ccn3nc(NC4CCC5(CC4)CC5)nc(N)c23)nc1C.CC(C)C. The molecule has 0 saturated heterocycles. The number of pyridine rings is 1. The first-order valence-corrected chi connectivity index (χ1v) is 12.6. The van der Waals surface area contributed by atoms with Crippen LogP contribution in [0.1, 0.15) is 78.8 Å². The number of anilines is 2. The lowest BCUT2D eigenvalue weighted by Crippen LogP contribution is -2.28. The van der Waals surface area contributed by atoms with Crippen LogP contribution in [0.3, 0.4) is 0 Å². The Bertz CT molecular complexity index is 1170. The van der Waals surface area contributed by atoms with Gasteiger partial charge in [0.25, 0.3) is 0 Å². The lowest BCUT2D eigenvalue weighted by Gasteiger charge is -2.29. The average Bonchev–Trinajstić information content (AvgIpc) is 3.37. The molecule has 2 fully saturated rings. The van der Waals surface area contributed by atoms with E-state index in [4.69, 9.17) is 10.7 Å². The third-order valence-corrected chi connectivity index (χ3v) is 6.55. The molecule has 7 heteroatoms. The summed E-state index contributed by atoms with van der Waals surface area (Å²) in [5.41, 5.74) is 12.4. The molecule has 0 radical (unpaired) electrons. The lowest BCUT2D eigenvalue weighted by molar-refractivity contribution is 0.316. The number of aromatic nitrogens is 4. The van der Waals surface area contributed by atoms with Crippen LogP contribution < -0.4 is 11.1 Å². The van der Waals surface area contributed by atoms with Gasteiger partial charge in [0, 0.05) is 23.5 Å². The smallest absolute Gasteiger partial charge is 0.243 e. The minimum absolute atomic E-state index is 0.433. The van der Waals surface area contributed by atoms with Crippen molar-refractivity contribution in [1.29, 1.82) is 0 Å². The Balaban J connectivity index is 0.000000636. The Morgan fingerprint density at radius 2 is 1.76 bits per heavy atom. The zero-order chi connectivity index (χ0) is 24.5. The molecule has 0 atom stereocenters. The second-order valence-corrected chi connectivity index (χ2v) is 10.9. The van der Waals surface area contributed by atoms with Crippen LogP contribution in [0.4, 0.5) is 17.5 Å². The van der Waals surface area contributed by atoms with Crippen molar-refractivity contribution < 1.29 is 0 Å². The van der Waals surface area contributed by atoms with Crippen molar-refractivity contribution in [1.82, 2.24) is 19.6 Å². The van der Waals surface area contributed by atoms with Gasteiger partial charge in [0.2, 0.25) is 5.95 Å². The van der Waals surface area contributed by atoms with Crippen LogP contribution in [-0.2, 0) is 0 Å². The van der Waals surface area contributed by atoms with E-state index in [1.807, 2.05) is 49.7 Å². The fraction of sp³-hybridized carbons (Fsp3) is 0.556. The lowest BCUT2D eigenvalue weighted by atomic mass is 9.83. The van der Waals surface area contributed by atoms with Gasteiger partial charge in [-0.2, -0.15) is 4.98 Å². The Hall–Kier alpha value is -2.96. The second-order valence-electron chi connectivity index (χ2n) is 10.9. The summed E-state index contributed by atoms with van der Waals surface area (Å²) in [6.45, 7) is 12.4. The van der Waals surface area contributed by atoms with Gasteiger partial charge in [0.15, 0.2) is 5.82 Å². The first-order valence-electron chi connectivity index (χ1n) is 12.6. The summed E-state index contributed by atoms with van der Waals surface area (Å²) in [5, 5.41) is 8.18. The molecule has 5 rings (SSSR count). The highest BCUT2D eigenvalue weighted by molar-refractivity contribution is 5.87. The normalized spacial score (nSPS) is 16.9. The average molecular weight is 462 g/mol. The molecule has 34 heavy (non-hydrogen) atoms. The van der Waals surface area contributed by atoms with E-state index in [1.54, 1.807) is 0 Å². The monoisotopic (exact) mass is 461 g/mol. The van der Waals surface area contributed by atoms with Gasteiger partial charge in [-0.1, -0.05) is 20.8 Å². The van der Waals surface area contributed by atoms with Crippen molar-refractivity contribution in [2.45, 2.75) is 86.1 Å². The van der Waals surface area contributed by atoms with Crippen LogP contribution in [0, 0.1) is 18.3 Å². The standard InChI is InChI=1S/C23H29N7.C4H10/c1-14(2)25-18-4-5-19(26-15(18)3)17-8-13-30-20(17)21(24)28-22(29-30)27-16-6-9-23(10-7-16)11-12-23;1-4(2)3/h4-5,8,13,16H,6-7,9-12H2,1-3H3,(H3,24,27,28,29);4H,1-3H3. The Morgan fingerprint density at radius 3 is 2.35 bits per heavy atom. The van der Waals surface area contributed by atoms with Crippen LogP contribution in [0.5, 0.6) is 0 Å². The number of nitrogens with two attached hydrogens (primary N) is 1. The molecule has 0 unspecified atom stereocenters. The van der Waals surface area contributed by atoms with E-state index in [-0.39, 0.29) is 0 Å². The molecule has 3 N–H and O–H groups in total. The van der Waals surface area contributed by atoms with E-state index in [0.29, 0.717) is 23.2 Å². The highest BCUT2D eigenvalue weighted by Crippen LogP contribution is 2.56. The highest BCUT2D eigenvalue weighted by Gasteiger charge is 2.44. The molecule has 0 amide bonds. The molecule has 0 bridgehead atoms. The van der Waals surface area contributed by atoms with Crippen molar-refractivity contribution in [3.8, 4) is 11.3 Å². The maximum absolute atomic E-state index is 6.37. The van der Waals surface area contributed by atoms with E-state index in [1.165, 1.54) is 38.5 Å². The Kier molecular flexibility index (Phi) is 6.91. The number of fused-ring (bicyclic) bond motifs is 1. The van der Waals surface area contributed by atoms with E-state index in [9.17, 15) is 0 Å². The molecule has 2 aliphatic carbocycles. The van der Waals surface area contributed by atoms with Crippen LogP contribution in [0.2, 0.25) is 0 Å². The molecule has 1 spiro atoms. The third kappa shape index (κ3) is 5.57. The number of aryl methyl sites for hydroxylation is 1. The first kappa shape index (κ1) is 24.2. The van der Waals surface area contributed by atoms with Crippen LogP contribution >= 0.6 is 0 Å². The predicted octanol–water partition coefficient (Wildman–Crippen LogP) is 6.59. The zero-order valence-electron chi connectivity index (χ0n) is 21.5. The summed E-state index contributed by atoms with van der Waals surface area (Å²) in [7, 11) is 0. The van der Waals surface area contributed by atoms with Gasteiger partial charge >= 0.3 is 0 Å². The van der Waals surface area contributed by atoms with Crippen LogP contribution in [0.25, 0.3) is 16.8 Å². The summed E-state index contributed by atoms with van der Waals surface area (Å²) >= 11 is 0. The van der Waals surface area contributed by atoms with Gasteiger partial charge in [-0.3, -0.25) is 9.98 Å². The zero-order valence-corrected chi connectivity index (χ0v) is 21.5. The molecule has 182 valence electrons. The Morgan fingerprint density at radius 1 is 1.09 bits per heavy atom. The summed E-state index contributed by atoms with van der Waals surface area (Å²) in [4.78, 5) is 13.9. The van der Waals surface area contributed by atoms with Gasteiger partial charge in [-0.25, -0.2) is 4.52 Å². The van der Waals surface area contributed by atoms with E-state index in [0.717, 1.165) is 39.8 Å². The molecule has 2 saturated carbocycles. The van der Waals surface area contributed by atoms with Gasteiger partial charge in [0.1, 0.15) is 5.52 Å². The summed E-state index contributed by atoms with van der Waals surface area (Å²) in [5.74, 6) is 1.90. The number of hydrogen-bond donors (Lipinski definition) is 2. The summed E-state index contributed by atoms with van der Waals surface area (Å²) in [6.07, 6.45) is 9.77. The van der Waals surface area contributed by atoms with Crippen LogP contribution in [-0.4, -0.2) is 31.3 Å². The summed E-state index contributed by atoms with van der Waals surface area (Å²) in [6, 6.07) is 6.40. The highest BCUT2D eigenvalue weighted by atomic mass is 15.3. The Labute approximate surface area is 203 Å². The van der Waals surface area contributed by atoms with Crippen molar-refractivity contribution in [2.75, 3.05) is 11.1 Å². The number of hydrogen-bond acceptors (Lipinski definition) is 6. The maximum Gasteiger partial charge on any atom is 0.243 e. The number of nitrogens with one attached hydrogen (secondary N) is 1.